The number of benzene rings is 3. The molecule has 1 heterocycles. The van der Waals surface area contributed by atoms with E-state index < -0.39 is 0 Å². The van der Waals surface area contributed by atoms with Gasteiger partial charge in [-0.3, -0.25) is 14.6 Å². The van der Waals surface area contributed by atoms with E-state index in [1.165, 1.54) is 6.07 Å². The summed E-state index contributed by atoms with van der Waals surface area (Å²) < 4.78 is 13.8. The van der Waals surface area contributed by atoms with Crippen LogP contribution in [0.2, 0.25) is 0 Å². The summed E-state index contributed by atoms with van der Waals surface area (Å²) in [6.07, 6.45) is 0. The smallest absolute Gasteiger partial charge is 0.254 e. The maximum atomic E-state index is 13.8. The summed E-state index contributed by atoms with van der Waals surface area (Å²) in [4.78, 5) is 20.2. The molecule has 1 amide bonds. The molecule has 0 radical (unpaired) electrons. The van der Waals surface area contributed by atoms with Crippen LogP contribution in [0.1, 0.15) is 60.8 Å². The van der Waals surface area contributed by atoms with E-state index in [0.29, 0.717) is 25.2 Å². The third kappa shape index (κ3) is 6.03. The fraction of sp³-hybridized carbons (Fsp3) is 0.387. The van der Waals surface area contributed by atoms with Gasteiger partial charge in [-0.25, -0.2) is 4.39 Å². The van der Waals surface area contributed by atoms with Crippen molar-refractivity contribution in [2.24, 2.45) is 0 Å². The summed E-state index contributed by atoms with van der Waals surface area (Å²) >= 11 is 0. The molecule has 1 aliphatic rings. The van der Waals surface area contributed by atoms with Crippen LogP contribution >= 0.6 is 0 Å². The normalized spacial score (nSPS) is 19.5. The van der Waals surface area contributed by atoms with E-state index >= 15 is 0 Å². The van der Waals surface area contributed by atoms with E-state index in [2.05, 4.69) is 23.6 Å². The number of phenolic OH excluding ortho intramolecular Hbond substituents is 1. The topological polar surface area (TPSA) is 47.0 Å². The molecule has 0 saturated carbocycles. The lowest BCUT2D eigenvalue weighted by molar-refractivity contribution is 0.0191. The van der Waals surface area contributed by atoms with Crippen molar-refractivity contribution < 1.29 is 14.3 Å². The molecule has 3 aromatic rings. The number of phenols is 1. The zero-order valence-corrected chi connectivity index (χ0v) is 22.3. The highest BCUT2D eigenvalue weighted by molar-refractivity contribution is 5.96. The highest BCUT2D eigenvalue weighted by Gasteiger charge is 2.36. The molecule has 1 N–H and O–H groups in total. The molecule has 0 aliphatic carbocycles. The SMILES string of the molecule is CCN(CC)C(=O)c1ccccc1[C@@H](c1cccc(O)c1)N1C[C@@H](C)N(Cc2cccc(F)c2)C[C@@H]1C. The van der Waals surface area contributed by atoms with Gasteiger partial charge in [-0.15, -0.1) is 0 Å². The van der Waals surface area contributed by atoms with Crippen molar-refractivity contribution in [1.82, 2.24) is 14.7 Å². The maximum Gasteiger partial charge on any atom is 0.254 e. The molecule has 1 aliphatic heterocycles. The van der Waals surface area contributed by atoms with E-state index in [0.717, 1.165) is 29.8 Å². The van der Waals surface area contributed by atoms with Crippen LogP contribution in [0.3, 0.4) is 0 Å². The van der Waals surface area contributed by atoms with Gasteiger partial charge in [0.2, 0.25) is 0 Å². The lowest BCUT2D eigenvalue weighted by Gasteiger charge is -2.48. The van der Waals surface area contributed by atoms with Crippen molar-refractivity contribution in [1.29, 1.82) is 0 Å². The molecule has 37 heavy (non-hydrogen) atoms. The molecule has 1 fully saturated rings. The third-order valence-corrected chi connectivity index (χ3v) is 7.49. The van der Waals surface area contributed by atoms with E-state index in [9.17, 15) is 14.3 Å². The lowest BCUT2D eigenvalue weighted by Crippen LogP contribution is -2.57. The number of nitrogens with zero attached hydrogens (tertiary/aromatic N) is 3. The molecule has 196 valence electrons. The first-order valence-corrected chi connectivity index (χ1v) is 13.2. The van der Waals surface area contributed by atoms with Crippen LogP contribution in [0.5, 0.6) is 5.75 Å². The average Bonchev–Trinajstić information content (AvgIpc) is 2.88. The van der Waals surface area contributed by atoms with Gasteiger partial charge in [-0.1, -0.05) is 42.5 Å². The molecule has 6 heteroatoms. The monoisotopic (exact) mass is 503 g/mol. The van der Waals surface area contributed by atoms with E-state index in [4.69, 9.17) is 0 Å². The first kappa shape index (κ1) is 26.8. The molecule has 5 nitrogen and oxygen atoms in total. The van der Waals surface area contributed by atoms with Crippen LogP contribution in [0.25, 0.3) is 0 Å². The Labute approximate surface area is 220 Å². The molecule has 3 aromatic carbocycles. The van der Waals surface area contributed by atoms with E-state index in [1.807, 2.05) is 61.2 Å². The van der Waals surface area contributed by atoms with E-state index in [-0.39, 0.29) is 35.6 Å². The molecule has 0 spiro atoms. The Morgan fingerprint density at radius 1 is 0.973 bits per heavy atom. The lowest BCUT2D eigenvalue weighted by atomic mass is 9.90. The van der Waals surface area contributed by atoms with Gasteiger partial charge in [-0.2, -0.15) is 0 Å². The van der Waals surface area contributed by atoms with Crippen molar-refractivity contribution in [2.75, 3.05) is 26.2 Å². The first-order chi connectivity index (χ1) is 17.8. The molecule has 4 rings (SSSR count). The highest BCUT2D eigenvalue weighted by atomic mass is 19.1. The number of piperazine rings is 1. The van der Waals surface area contributed by atoms with Crippen molar-refractivity contribution >= 4 is 5.91 Å². The number of hydrogen-bond acceptors (Lipinski definition) is 4. The Morgan fingerprint density at radius 3 is 2.41 bits per heavy atom. The summed E-state index contributed by atoms with van der Waals surface area (Å²) in [5.41, 5.74) is 3.56. The second-order valence-corrected chi connectivity index (χ2v) is 10.0. The van der Waals surface area contributed by atoms with Crippen LogP contribution in [0.4, 0.5) is 4.39 Å². The van der Waals surface area contributed by atoms with Gasteiger partial charge in [0.1, 0.15) is 11.6 Å². The van der Waals surface area contributed by atoms with E-state index in [1.54, 1.807) is 24.3 Å². The highest BCUT2D eigenvalue weighted by Crippen LogP contribution is 2.36. The Balaban J connectivity index is 1.71. The van der Waals surface area contributed by atoms with Gasteiger partial charge < -0.3 is 10.0 Å². The molecular weight excluding hydrogens is 465 g/mol. The summed E-state index contributed by atoms with van der Waals surface area (Å²) in [6.45, 7) is 11.9. The van der Waals surface area contributed by atoms with Gasteiger partial charge in [0.25, 0.3) is 5.91 Å². The zero-order chi connectivity index (χ0) is 26.5. The van der Waals surface area contributed by atoms with Gasteiger partial charge in [0.15, 0.2) is 0 Å². The summed E-state index contributed by atoms with van der Waals surface area (Å²) in [5.74, 6) is 0.0203. The largest absolute Gasteiger partial charge is 0.508 e. The predicted molar refractivity (Wildman–Crippen MR) is 146 cm³/mol. The van der Waals surface area contributed by atoms with Crippen LogP contribution < -0.4 is 0 Å². The van der Waals surface area contributed by atoms with Crippen molar-refractivity contribution in [3.8, 4) is 5.75 Å². The number of amides is 1. The number of rotatable bonds is 8. The van der Waals surface area contributed by atoms with Gasteiger partial charge >= 0.3 is 0 Å². The van der Waals surface area contributed by atoms with Gasteiger partial charge in [-0.05, 0) is 74.7 Å². The second-order valence-electron chi connectivity index (χ2n) is 10.0. The molecule has 0 unspecified atom stereocenters. The molecule has 1 saturated heterocycles. The minimum absolute atomic E-state index is 0.0243. The number of aromatic hydroxyl groups is 1. The van der Waals surface area contributed by atoms with Crippen LogP contribution in [-0.4, -0.2) is 64.0 Å². The van der Waals surface area contributed by atoms with Crippen molar-refractivity contribution in [2.45, 2.75) is 52.4 Å². The maximum absolute atomic E-state index is 13.8. The van der Waals surface area contributed by atoms with Crippen molar-refractivity contribution in [3.63, 3.8) is 0 Å². The Morgan fingerprint density at radius 2 is 1.70 bits per heavy atom. The average molecular weight is 504 g/mol. The Bertz CT molecular complexity index is 1210. The summed E-state index contributed by atoms with van der Waals surface area (Å²) in [6, 6.07) is 22.2. The predicted octanol–water partition coefficient (Wildman–Crippen LogP) is 5.70. The van der Waals surface area contributed by atoms with Gasteiger partial charge in [0.05, 0.1) is 6.04 Å². The molecule has 3 atom stereocenters. The second kappa shape index (κ2) is 11.9. The molecular formula is C31H38FN3O2. The third-order valence-electron chi connectivity index (χ3n) is 7.49. The fourth-order valence-electron chi connectivity index (χ4n) is 5.53. The standard InChI is InChI=1S/C31H38FN3O2/c1-5-33(6-2)31(37)29-16-8-7-15-28(29)30(25-12-10-14-27(36)18-25)35-20-22(3)34(19-23(35)4)21-24-11-9-13-26(32)17-24/h7-18,22-23,30,36H,5-6,19-21H2,1-4H3/t22-,23+,30-/m1/s1. The molecule has 0 aromatic heterocycles. The van der Waals surface area contributed by atoms with Gasteiger partial charge in [0, 0.05) is 50.4 Å². The number of carbonyl (C=O) groups excluding carboxylic acids is 1. The zero-order valence-electron chi connectivity index (χ0n) is 22.3. The number of hydrogen-bond donors (Lipinski definition) is 1. The number of halogens is 1. The minimum Gasteiger partial charge on any atom is -0.508 e. The minimum atomic E-state index is -0.213. The number of carbonyl (C=O) groups is 1. The quantitative estimate of drug-likeness (QED) is 0.429. The summed E-state index contributed by atoms with van der Waals surface area (Å²) in [5, 5.41) is 10.4. The van der Waals surface area contributed by atoms with Crippen LogP contribution in [0, 0.1) is 5.82 Å². The Hall–Kier alpha value is -3.22. The Kier molecular flexibility index (Phi) is 8.62. The van der Waals surface area contributed by atoms with Crippen molar-refractivity contribution in [3.05, 3.63) is 101 Å². The van der Waals surface area contributed by atoms with Crippen LogP contribution in [-0.2, 0) is 6.54 Å². The summed E-state index contributed by atoms with van der Waals surface area (Å²) in [7, 11) is 0. The van der Waals surface area contributed by atoms with Crippen LogP contribution in [0.15, 0.2) is 72.8 Å². The fourth-order valence-corrected chi connectivity index (χ4v) is 5.53. The first-order valence-electron chi connectivity index (χ1n) is 13.2. The molecule has 0 bridgehead atoms.